The lowest BCUT2D eigenvalue weighted by Gasteiger charge is -2.20. The van der Waals surface area contributed by atoms with Crippen LogP contribution >= 0.6 is 11.6 Å². The number of benzene rings is 2. The molecule has 8 heteroatoms. The van der Waals surface area contributed by atoms with Crippen LogP contribution in [0, 0.1) is 11.6 Å². The molecule has 0 atom stereocenters. The van der Waals surface area contributed by atoms with E-state index in [1.807, 2.05) is 0 Å². The lowest BCUT2D eigenvalue weighted by atomic mass is 10.2. The normalized spacial score (nSPS) is 10.4. The monoisotopic (exact) mass is 396 g/mol. The summed E-state index contributed by atoms with van der Waals surface area (Å²) in [6.07, 6.45) is 0. The van der Waals surface area contributed by atoms with Crippen molar-refractivity contribution in [3.63, 3.8) is 0 Å². The Labute approximate surface area is 160 Å². The number of halogens is 3. The van der Waals surface area contributed by atoms with Crippen molar-refractivity contribution in [3.05, 3.63) is 64.7 Å². The fourth-order valence-electron chi connectivity index (χ4n) is 2.21. The molecule has 0 aliphatic rings. The number of amides is 2. The zero-order valence-corrected chi connectivity index (χ0v) is 15.4. The van der Waals surface area contributed by atoms with Crippen molar-refractivity contribution >= 4 is 23.4 Å². The van der Waals surface area contributed by atoms with Gasteiger partial charge in [0.2, 0.25) is 5.91 Å². The van der Waals surface area contributed by atoms with Crippen LogP contribution in [0.5, 0.6) is 5.75 Å². The molecule has 2 rings (SSSR count). The minimum atomic E-state index is -0.580. The second-order valence-electron chi connectivity index (χ2n) is 5.68. The summed E-state index contributed by atoms with van der Waals surface area (Å²) in [6.45, 7) is 1.84. The molecule has 0 spiro atoms. The van der Waals surface area contributed by atoms with Crippen LogP contribution in [0.4, 0.5) is 8.78 Å². The number of hydrogen-bond donors (Lipinski definition) is 1. The molecule has 0 saturated heterocycles. The number of nitrogens with zero attached hydrogens (tertiary/aromatic N) is 1. The van der Waals surface area contributed by atoms with Crippen LogP contribution in [0.1, 0.15) is 12.5 Å². The highest BCUT2D eigenvalue weighted by atomic mass is 35.5. The summed E-state index contributed by atoms with van der Waals surface area (Å²) in [6, 6.07) is 9.53. The molecule has 0 aromatic heterocycles. The smallest absolute Gasteiger partial charge is 0.260 e. The van der Waals surface area contributed by atoms with Gasteiger partial charge >= 0.3 is 0 Å². The maximum atomic E-state index is 13.1. The van der Waals surface area contributed by atoms with Gasteiger partial charge in [-0.15, -0.1) is 0 Å². The fraction of sp³-hybridized carbons (Fsp3) is 0.263. The van der Waals surface area contributed by atoms with Gasteiger partial charge in [-0.3, -0.25) is 9.59 Å². The summed E-state index contributed by atoms with van der Waals surface area (Å²) < 4.78 is 31.3. The first-order valence-corrected chi connectivity index (χ1v) is 8.63. The summed E-state index contributed by atoms with van der Waals surface area (Å²) >= 11 is 5.66. The van der Waals surface area contributed by atoms with Crippen LogP contribution in [0.25, 0.3) is 0 Å². The molecule has 2 aromatic carbocycles. The summed E-state index contributed by atoms with van der Waals surface area (Å²) in [4.78, 5) is 25.6. The van der Waals surface area contributed by atoms with Crippen molar-refractivity contribution < 1.29 is 23.1 Å². The second-order valence-corrected chi connectivity index (χ2v) is 6.08. The number of rotatable bonds is 8. The third-order valence-electron chi connectivity index (χ3n) is 3.73. The van der Waals surface area contributed by atoms with Crippen LogP contribution in [0.3, 0.4) is 0 Å². The Hall–Kier alpha value is -2.67. The number of nitrogens with one attached hydrogen (secondary N) is 1. The molecule has 5 nitrogen and oxygen atoms in total. The highest BCUT2D eigenvalue weighted by molar-refractivity contribution is 6.30. The van der Waals surface area contributed by atoms with E-state index in [9.17, 15) is 18.4 Å². The Morgan fingerprint density at radius 1 is 1.15 bits per heavy atom. The van der Waals surface area contributed by atoms with E-state index < -0.39 is 11.7 Å². The van der Waals surface area contributed by atoms with Gasteiger partial charge in [-0.2, -0.15) is 0 Å². The molecule has 0 fully saturated rings. The molecule has 0 aliphatic heterocycles. The Morgan fingerprint density at radius 3 is 2.48 bits per heavy atom. The molecule has 0 heterocycles. The van der Waals surface area contributed by atoms with E-state index in [0.29, 0.717) is 6.54 Å². The lowest BCUT2D eigenvalue weighted by Crippen LogP contribution is -2.42. The maximum Gasteiger partial charge on any atom is 0.260 e. The van der Waals surface area contributed by atoms with E-state index >= 15 is 0 Å². The first kappa shape index (κ1) is 20.6. The van der Waals surface area contributed by atoms with Gasteiger partial charge in [0.15, 0.2) is 6.61 Å². The topological polar surface area (TPSA) is 58.6 Å². The van der Waals surface area contributed by atoms with Crippen LogP contribution in [-0.4, -0.2) is 36.4 Å². The minimum Gasteiger partial charge on any atom is -0.484 e. The lowest BCUT2D eigenvalue weighted by molar-refractivity contribution is -0.137. The van der Waals surface area contributed by atoms with Gasteiger partial charge < -0.3 is 15.0 Å². The fourth-order valence-corrected chi connectivity index (χ4v) is 2.38. The summed E-state index contributed by atoms with van der Waals surface area (Å²) in [5.41, 5.74) is 0.746. The number of carbonyl (C=O) groups excluding carboxylic acids is 2. The third kappa shape index (κ3) is 6.53. The third-order valence-corrected chi connectivity index (χ3v) is 4.01. The van der Waals surface area contributed by atoms with Crippen molar-refractivity contribution in [1.82, 2.24) is 10.2 Å². The molecule has 0 bridgehead atoms. The molecule has 1 N–H and O–H groups in total. The number of ether oxygens (including phenoxy) is 1. The number of likely N-dealkylation sites (N-methyl/N-ethyl adjacent to an activating group) is 1. The predicted molar refractivity (Wildman–Crippen MR) is 97.4 cm³/mol. The molecule has 0 saturated carbocycles. The molecule has 0 radical (unpaired) electrons. The van der Waals surface area contributed by atoms with E-state index in [2.05, 4.69) is 5.32 Å². The van der Waals surface area contributed by atoms with Gasteiger partial charge in [0.05, 0.1) is 11.6 Å². The zero-order valence-electron chi connectivity index (χ0n) is 14.7. The maximum absolute atomic E-state index is 13.1. The second kappa shape index (κ2) is 9.87. The van der Waals surface area contributed by atoms with E-state index in [1.165, 1.54) is 29.2 Å². The molecule has 0 unspecified atom stereocenters. The standard InChI is InChI=1S/C19H19ClF2N2O3/c1-2-24(11-18(25)23-10-13-3-5-14(21)6-4-13)19(26)12-27-15-7-8-17(22)16(20)9-15/h3-9H,2,10-12H2,1H3,(H,23,25). The zero-order chi connectivity index (χ0) is 19.8. The SMILES string of the molecule is CCN(CC(=O)NCc1ccc(F)cc1)C(=O)COc1ccc(F)c(Cl)c1. The van der Waals surface area contributed by atoms with E-state index in [-0.39, 0.29) is 42.2 Å². The molecule has 2 aromatic rings. The van der Waals surface area contributed by atoms with Crippen molar-refractivity contribution in [2.24, 2.45) is 0 Å². The van der Waals surface area contributed by atoms with Gasteiger partial charge in [0.25, 0.3) is 5.91 Å². The highest BCUT2D eigenvalue weighted by Gasteiger charge is 2.16. The van der Waals surface area contributed by atoms with Crippen molar-refractivity contribution in [3.8, 4) is 5.75 Å². The molecule has 27 heavy (non-hydrogen) atoms. The molecule has 0 aliphatic carbocycles. The van der Waals surface area contributed by atoms with Gasteiger partial charge in [-0.25, -0.2) is 8.78 Å². The van der Waals surface area contributed by atoms with Gasteiger partial charge in [-0.1, -0.05) is 23.7 Å². The average molecular weight is 397 g/mol. The van der Waals surface area contributed by atoms with Crippen LogP contribution < -0.4 is 10.1 Å². The van der Waals surface area contributed by atoms with Gasteiger partial charge in [-0.05, 0) is 36.8 Å². The van der Waals surface area contributed by atoms with Crippen molar-refractivity contribution in [2.75, 3.05) is 19.7 Å². The summed E-state index contributed by atoms with van der Waals surface area (Å²) in [5.74, 6) is -1.42. The first-order valence-electron chi connectivity index (χ1n) is 8.25. The molecular weight excluding hydrogens is 378 g/mol. The Morgan fingerprint density at radius 2 is 1.85 bits per heavy atom. The Bertz CT molecular complexity index is 800. The van der Waals surface area contributed by atoms with Crippen LogP contribution in [-0.2, 0) is 16.1 Å². The van der Waals surface area contributed by atoms with Gasteiger partial charge in [0, 0.05) is 19.2 Å². The van der Waals surface area contributed by atoms with E-state index in [0.717, 1.165) is 11.6 Å². The molecule has 144 valence electrons. The van der Waals surface area contributed by atoms with Crippen molar-refractivity contribution in [1.29, 1.82) is 0 Å². The predicted octanol–water partition coefficient (Wildman–Crippen LogP) is 3.16. The quantitative estimate of drug-likeness (QED) is 0.745. The summed E-state index contributed by atoms with van der Waals surface area (Å²) in [5, 5.41) is 2.57. The van der Waals surface area contributed by atoms with Crippen LogP contribution in [0.2, 0.25) is 5.02 Å². The minimum absolute atomic E-state index is 0.104. The molecule has 2 amide bonds. The summed E-state index contributed by atoms with van der Waals surface area (Å²) in [7, 11) is 0. The number of hydrogen-bond acceptors (Lipinski definition) is 3. The number of carbonyl (C=O) groups is 2. The average Bonchev–Trinajstić information content (AvgIpc) is 2.66. The van der Waals surface area contributed by atoms with Crippen molar-refractivity contribution in [2.45, 2.75) is 13.5 Å². The first-order chi connectivity index (χ1) is 12.9. The van der Waals surface area contributed by atoms with E-state index in [4.69, 9.17) is 16.3 Å². The Balaban J connectivity index is 1.81. The Kier molecular flexibility index (Phi) is 7.55. The highest BCUT2D eigenvalue weighted by Crippen LogP contribution is 2.21. The molecular formula is C19H19ClF2N2O3. The van der Waals surface area contributed by atoms with E-state index in [1.54, 1.807) is 19.1 Å². The van der Waals surface area contributed by atoms with Gasteiger partial charge in [0.1, 0.15) is 17.4 Å². The van der Waals surface area contributed by atoms with Crippen LogP contribution in [0.15, 0.2) is 42.5 Å². The largest absolute Gasteiger partial charge is 0.484 e.